The maximum atomic E-state index is 12.7. The summed E-state index contributed by atoms with van der Waals surface area (Å²) in [5.74, 6) is -0.536. The Morgan fingerprint density at radius 3 is 2.14 bits per heavy atom. The van der Waals surface area contributed by atoms with Gasteiger partial charge in [0.1, 0.15) is 0 Å². The lowest BCUT2D eigenvalue weighted by atomic mass is 9.99. The number of esters is 1. The topological polar surface area (TPSA) is 75.6 Å². The van der Waals surface area contributed by atoms with E-state index in [0.29, 0.717) is 17.9 Å². The molecule has 2 N–H and O–H groups in total. The summed E-state index contributed by atoms with van der Waals surface area (Å²) in [5, 5.41) is 13.2. The molecule has 2 rings (SSSR count). The molecule has 0 aliphatic carbocycles. The Labute approximate surface area is 166 Å². The van der Waals surface area contributed by atoms with E-state index in [9.17, 15) is 14.7 Å². The molecule has 2 aromatic rings. The van der Waals surface area contributed by atoms with Gasteiger partial charge in [-0.05, 0) is 48.9 Å². The number of ether oxygens (including phenoxy) is 1. The number of benzene rings is 2. The molecule has 0 aliphatic rings. The third-order valence-corrected chi connectivity index (χ3v) is 4.38. The molecule has 150 valence electrons. The number of nitrogens with one attached hydrogen (secondary N) is 1. The van der Waals surface area contributed by atoms with Gasteiger partial charge in [-0.15, -0.1) is 0 Å². The van der Waals surface area contributed by atoms with Gasteiger partial charge in [0.25, 0.3) is 5.91 Å². The summed E-state index contributed by atoms with van der Waals surface area (Å²) in [6.07, 6.45) is -0.178. The molecule has 0 radical (unpaired) electrons. The minimum atomic E-state index is -1.44. The van der Waals surface area contributed by atoms with E-state index in [1.54, 1.807) is 19.1 Å². The standard InChI is InChI=1S/C23H29NO4/c1-4-28-23(27)21(25)20(15-17-8-6-5-7-9-17)24-22(26)19-12-10-18(11-13-19)14-16(2)3/h5-13,16,20-21,25H,4,14-15H2,1-3H3,(H,24,26)/t20-,21-/m1/s1. The molecule has 5 nitrogen and oxygen atoms in total. The SMILES string of the molecule is CCOC(=O)[C@H](O)[C@@H](Cc1ccccc1)NC(=O)c1ccc(CC(C)C)cc1. The van der Waals surface area contributed by atoms with Gasteiger partial charge in [-0.3, -0.25) is 4.79 Å². The van der Waals surface area contributed by atoms with Crippen LogP contribution >= 0.6 is 0 Å². The molecular weight excluding hydrogens is 354 g/mol. The number of aliphatic hydroxyl groups is 1. The monoisotopic (exact) mass is 383 g/mol. The average molecular weight is 383 g/mol. The van der Waals surface area contributed by atoms with Gasteiger partial charge in [-0.1, -0.05) is 56.3 Å². The van der Waals surface area contributed by atoms with Crippen LogP contribution in [0.3, 0.4) is 0 Å². The van der Waals surface area contributed by atoms with Gasteiger partial charge in [0.2, 0.25) is 0 Å². The number of carbonyl (C=O) groups excluding carboxylic acids is 2. The Hall–Kier alpha value is -2.66. The zero-order valence-corrected chi connectivity index (χ0v) is 16.7. The van der Waals surface area contributed by atoms with E-state index in [-0.39, 0.29) is 12.5 Å². The molecule has 1 amide bonds. The van der Waals surface area contributed by atoms with Crippen LogP contribution in [0, 0.1) is 5.92 Å². The van der Waals surface area contributed by atoms with Crippen molar-refractivity contribution in [3.63, 3.8) is 0 Å². The van der Waals surface area contributed by atoms with E-state index in [2.05, 4.69) is 19.2 Å². The van der Waals surface area contributed by atoms with Crippen molar-refractivity contribution in [2.24, 2.45) is 5.92 Å². The fourth-order valence-corrected chi connectivity index (χ4v) is 3.02. The molecule has 0 saturated carbocycles. The summed E-state index contributed by atoms with van der Waals surface area (Å²) in [7, 11) is 0. The van der Waals surface area contributed by atoms with Crippen LogP contribution in [0.2, 0.25) is 0 Å². The maximum absolute atomic E-state index is 12.7. The molecule has 2 atom stereocenters. The van der Waals surface area contributed by atoms with Crippen LogP contribution in [-0.4, -0.2) is 35.7 Å². The minimum Gasteiger partial charge on any atom is -0.464 e. The molecule has 0 aromatic heterocycles. The van der Waals surface area contributed by atoms with Crippen molar-refractivity contribution in [1.29, 1.82) is 0 Å². The molecule has 0 fully saturated rings. The van der Waals surface area contributed by atoms with E-state index < -0.39 is 18.1 Å². The summed E-state index contributed by atoms with van der Waals surface area (Å²) in [5.41, 5.74) is 2.56. The third kappa shape index (κ3) is 6.50. The van der Waals surface area contributed by atoms with Crippen LogP contribution in [0.4, 0.5) is 0 Å². The highest BCUT2D eigenvalue weighted by Crippen LogP contribution is 2.12. The molecule has 0 aliphatic heterocycles. The molecule has 0 heterocycles. The first-order valence-corrected chi connectivity index (χ1v) is 9.69. The van der Waals surface area contributed by atoms with Crippen molar-refractivity contribution in [2.45, 2.75) is 45.8 Å². The number of hydrogen-bond donors (Lipinski definition) is 2. The van der Waals surface area contributed by atoms with Gasteiger partial charge in [-0.2, -0.15) is 0 Å². The van der Waals surface area contributed by atoms with Crippen molar-refractivity contribution >= 4 is 11.9 Å². The van der Waals surface area contributed by atoms with Crippen LogP contribution in [0.15, 0.2) is 54.6 Å². The Kier molecular flexibility index (Phi) is 8.20. The van der Waals surface area contributed by atoms with Crippen molar-refractivity contribution in [3.8, 4) is 0 Å². The predicted octanol–water partition coefficient (Wildman–Crippen LogP) is 3.15. The number of carbonyl (C=O) groups is 2. The molecule has 5 heteroatoms. The number of amides is 1. The normalized spacial score (nSPS) is 13.0. The van der Waals surface area contributed by atoms with Gasteiger partial charge in [-0.25, -0.2) is 4.79 Å². The van der Waals surface area contributed by atoms with Crippen molar-refractivity contribution in [2.75, 3.05) is 6.61 Å². The summed E-state index contributed by atoms with van der Waals surface area (Å²) >= 11 is 0. The molecule has 0 bridgehead atoms. The highest BCUT2D eigenvalue weighted by molar-refractivity contribution is 5.94. The van der Waals surface area contributed by atoms with Crippen molar-refractivity contribution < 1.29 is 19.4 Å². The fraction of sp³-hybridized carbons (Fsp3) is 0.391. The fourth-order valence-electron chi connectivity index (χ4n) is 3.02. The van der Waals surface area contributed by atoms with E-state index in [4.69, 9.17) is 4.74 Å². The van der Waals surface area contributed by atoms with Crippen LogP contribution in [0.1, 0.15) is 42.3 Å². The molecule has 0 spiro atoms. The smallest absolute Gasteiger partial charge is 0.337 e. The van der Waals surface area contributed by atoms with Gasteiger partial charge in [0.05, 0.1) is 12.6 Å². The zero-order chi connectivity index (χ0) is 20.5. The lowest BCUT2D eigenvalue weighted by molar-refractivity contribution is -0.154. The summed E-state index contributed by atoms with van der Waals surface area (Å²) in [6, 6.07) is 16.0. The van der Waals surface area contributed by atoms with Gasteiger partial charge < -0.3 is 15.2 Å². The molecular formula is C23H29NO4. The highest BCUT2D eigenvalue weighted by Gasteiger charge is 2.29. The second-order valence-electron chi connectivity index (χ2n) is 7.26. The van der Waals surface area contributed by atoms with Crippen molar-refractivity contribution in [3.05, 3.63) is 71.3 Å². The Bertz CT molecular complexity index is 756. The van der Waals surface area contributed by atoms with Crippen LogP contribution in [0.5, 0.6) is 0 Å². The van der Waals surface area contributed by atoms with E-state index in [0.717, 1.165) is 12.0 Å². The minimum absolute atomic E-state index is 0.166. The third-order valence-electron chi connectivity index (χ3n) is 4.38. The Balaban J connectivity index is 2.13. The number of rotatable bonds is 9. The van der Waals surface area contributed by atoms with Crippen LogP contribution in [-0.2, 0) is 22.4 Å². The number of aliphatic hydroxyl groups excluding tert-OH is 1. The van der Waals surface area contributed by atoms with Gasteiger partial charge in [0.15, 0.2) is 6.10 Å². The van der Waals surface area contributed by atoms with Crippen LogP contribution in [0.25, 0.3) is 0 Å². The maximum Gasteiger partial charge on any atom is 0.337 e. The van der Waals surface area contributed by atoms with Crippen molar-refractivity contribution in [1.82, 2.24) is 5.32 Å². The lowest BCUT2D eigenvalue weighted by Gasteiger charge is -2.23. The first-order valence-electron chi connectivity index (χ1n) is 9.69. The van der Waals surface area contributed by atoms with E-state index >= 15 is 0 Å². The van der Waals surface area contributed by atoms with Gasteiger partial charge in [0, 0.05) is 5.56 Å². The Morgan fingerprint density at radius 1 is 0.964 bits per heavy atom. The largest absolute Gasteiger partial charge is 0.464 e. The summed E-state index contributed by atoms with van der Waals surface area (Å²) < 4.78 is 4.92. The average Bonchev–Trinajstić information content (AvgIpc) is 2.68. The number of hydrogen-bond acceptors (Lipinski definition) is 4. The molecule has 0 unspecified atom stereocenters. The first kappa shape index (κ1) is 21.6. The second kappa shape index (κ2) is 10.6. The summed E-state index contributed by atoms with van der Waals surface area (Å²) in [4.78, 5) is 24.7. The first-order chi connectivity index (χ1) is 13.4. The Morgan fingerprint density at radius 2 is 1.57 bits per heavy atom. The highest BCUT2D eigenvalue weighted by atomic mass is 16.5. The quantitative estimate of drug-likeness (QED) is 0.652. The second-order valence-corrected chi connectivity index (χ2v) is 7.26. The van der Waals surface area contributed by atoms with E-state index in [1.165, 1.54) is 5.56 Å². The molecule has 28 heavy (non-hydrogen) atoms. The summed E-state index contributed by atoms with van der Waals surface area (Å²) in [6.45, 7) is 6.13. The van der Waals surface area contributed by atoms with E-state index in [1.807, 2.05) is 42.5 Å². The molecule has 2 aromatic carbocycles. The van der Waals surface area contributed by atoms with Crippen LogP contribution < -0.4 is 5.32 Å². The zero-order valence-electron chi connectivity index (χ0n) is 16.7. The lowest BCUT2D eigenvalue weighted by Crippen LogP contribution is -2.48. The predicted molar refractivity (Wildman–Crippen MR) is 109 cm³/mol. The molecule has 0 saturated heterocycles. The van der Waals surface area contributed by atoms with Gasteiger partial charge >= 0.3 is 5.97 Å².